The smallest absolute Gasteiger partial charge is 0.248 e. The summed E-state index contributed by atoms with van der Waals surface area (Å²) >= 11 is 0. The zero-order valence-electron chi connectivity index (χ0n) is 19.9. The monoisotopic (exact) mass is 475 g/mol. The minimum Gasteiger partial charge on any atom is -0.456 e. The van der Waals surface area contributed by atoms with Gasteiger partial charge in [0.05, 0.1) is 29.4 Å². The topological polar surface area (TPSA) is 112 Å². The van der Waals surface area contributed by atoms with Crippen LogP contribution in [0.4, 0.5) is 10.1 Å². The van der Waals surface area contributed by atoms with Gasteiger partial charge in [0.25, 0.3) is 0 Å². The van der Waals surface area contributed by atoms with Crippen molar-refractivity contribution in [3.05, 3.63) is 77.5 Å². The van der Waals surface area contributed by atoms with E-state index in [2.05, 4.69) is 15.4 Å². The van der Waals surface area contributed by atoms with Crippen LogP contribution in [0.5, 0.6) is 11.5 Å². The molecule has 0 aliphatic rings. The Balaban J connectivity index is 1.53. The third kappa shape index (κ3) is 5.29. The number of hydrogen-bond acceptors (Lipinski definition) is 5. The van der Waals surface area contributed by atoms with E-state index in [1.54, 1.807) is 60.5 Å². The number of benzene rings is 2. The van der Waals surface area contributed by atoms with Crippen molar-refractivity contribution < 1.29 is 18.7 Å². The minimum atomic E-state index is -0.572. The number of nitrogens with two attached hydrogens (primary N) is 1. The quantitative estimate of drug-likeness (QED) is 0.420. The van der Waals surface area contributed by atoms with Crippen molar-refractivity contribution in [2.24, 2.45) is 5.73 Å². The first-order valence-corrected chi connectivity index (χ1v) is 11.0. The summed E-state index contributed by atoms with van der Waals surface area (Å²) in [4.78, 5) is 28.4. The van der Waals surface area contributed by atoms with Gasteiger partial charge in [0, 0.05) is 29.4 Å². The maximum Gasteiger partial charge on any atom is 0.248 e. The van der Waals surface area contributed by atoms with Crippen LogP contribution >= 0.6 is 0 Å². The van der Waals surface area contributed by atoms with Crippen LogP contribution in [0, 0.1) is 12.7 Å². The molecule has 0 radical (unpaired) electrons. The molecule has 0 fully saturated rings. The van der Waals surface area contributed by atoms with Crippen molar-refractivity contribution in [1.82, 2.24) is 14.8 Å². The summed E-state index contributed by atoms with van der Waals surface area (Å²) in [6.45, 7) is 7.76. The maximum absolute atomic E-state index is 14.9. The number of aryl methyl sites for hydroxylation is 1. The molecule has 2 amide bonds. The molecule has 4 rings (SSSR count). The highest BCUT2D eigenvalue weighted by atomic mass is 19.1. The van der Waals surface area contributed by atoms with Crippen molar-refractivity contribution in [3.8, 4) is 11.5 Å². The first-order valence-electron chi connectivity index (χ1n) is 11.0. The molecule has 2 aromatic heterocycles. The van der Waals surface area contributed by atoms with Gasteiger partial charge in [0.1, 0.15) is 17.3 Å². The van der Waals surface area contributed by atoms with Crippen molar-refractivity contribution in [2.75, 3.05) is 5.32 Å². The number of rotatable bonds is 6. The molecule has 0 aliphatic carbocycles. The second-order valence-corrected chi connectivity index (χ2v) is 9.29. The van der Waals surface area contributed by atoms with Gasteiger partial charge in [-0.05, 0) is 69.2 Å². The fourth-order valence-corrected chi connectivity index (χ4v) is 3.58. The summed E-state index contributed by atoms with van der Waals surface area (Å²) in [6.07, 6.45) is 4.71. The van der Waals surface area contributed by atoms with Crippen molar-refractivity contribution in [1.29, 1.82) is 0 Å². The summed E-state index contributed by atoms with van der Waals surface area (Å²) in [5, 5.41) is 7.57. The number of carbonyl (C=O) groups is 2. The standard InChI is InChI=1S/C26H26FN5O3/c1-15-9-17(11-24(33)31-18-13-30-32(14-18)26(2,3)4)20(27)12-23(15)35-22-7-8-29-21-6-5-16(25(28)34)10-19(21)22/h5-10,12-14H,11H2,1-4H3,(H2,28,34)(H,31,33). The molecule has 0 saturated heterocycles. The lowest BCUT2D eigenvalue weighted by Gasteiger charge is -2.18. The Morgan fingerprint density at radius 1 is 1.14 bits per heavy atom. The average molecular weight is 476 g/mol. The number of halogens is 1. The van der Waals surface area contributed by atoms with Crippen LogP contribution in [0.1, 0.15) is 42.3 Å². The van der Waals surface area contributed by atoms with Gasteiger partial charge in [-0.2, -0.15) is 5.10 Å². The van der Waals surface area contributed by atoms with Crippen molar-refractivity contribution in [2.45, 2.75) is 39.7 Å². The van der Waals surface area contributed by atoms with E-state index in [9.17, 15) is 14.0 Å². The van der Waals surface area contributed by atoms with E-state index in [1.165, 1.54) is 6.07 Å². The third-order valence-electron chi connectivity index (χ3n) is 5.45. The molecule has 0 atom stereocenters. The molecule has 0 aliphatic heterocycles. The lowest BCUT2D eigenvalue weighted by atomic mass is 10.1. The van der Waals surface area contributed by atoms with Gasteiger partial charge < -0.3 is 15.8 Å². The van der Waals surface area contributed by atoms with Gasteiger partial charge in [-0.15, -0.1) is 0 Å². The number of amides is 2. The lowest BCUT2D eigenvalue weighted by molar-refractivity contribution is -0.115. The Labute approximate surface area is 201 Å². The molecule has 0 unspecified atom stereocenters. The first kappa shape index (κ1) is 23.9. The highest BCUT2D eigenvalue weighted by Gasteiger charge is 2.17. The molecule has 2 aromatic carbocycles. The van der Waals surface area contributed by atoms with Crippen LogP contribution in [0.15, 0.2) is 55.0 Å². The van der Waals surface area contributed by atoms with Crippen molar-refractivity contribution >= 4 is 28.4 Å². The molecular formula is C26H26FN5O3. The van der Waals surface area contributed by atoms with Gasteiger partial charge in [-0.25, -0.2) is 4.39 Å². The Morgan fingerprint density at radius 3 is 2.60 bits per heavy atom. The molecule has 0 bridgehead atoms. The molecule has 8 nitrogen and oxygen atoms in total. The summed E-state index contributed by atoms with van der Waals surface area (Å²) in [6, 6.07) is 9.31. The summed E-state index contributed by atoms with van der Waals surface area (Å²) < 4.78 is 22.7. The Hall–Kier alpha value is -4.27. The highest BCUT2D eigenvalue weighted by Crippen LogP contribution is 2.32. The second kappa shape index (κ2) is 9.17. The summed E-state index contributed by atoms with van der Waals surface area (Å²) in [7, 11) is 0. The summed E-state index contributed by atoms with van der Waals surface area (Å²) in [5.41, 5.74) is 7.52. The zero-order chi connectivity index (χ0) is 25.3. The lowest BCUT2D eigenvalue weighted by Crippen LogP contribution is -2.22. The third-order valence-corrected chi connectivity index (χ3v) is 5.45. The van der Waals surface area contributed by atoms with Crippen LogP contribution < -0.4 is 15.8 Å². The molecule has 180 valence electrons. The van der Waals surface area contributed by atoms with Crippen LogP contribution in [0.2, 0.25) is 0 Å². The largest absolute Gasteiger partial charge is 0.456 e. The molecule has 4 aromatic rings. The van der Waals surface area contributed by atoms with Crippen LogP contribution in [0.3, 0.4) is 0 Å². The van der Waals surface area contributed by atoms with E-state index in [-0.39, 0.29) is 29.2 Å². The minimum absolute atomic E-state index is 0.145. The number of carbonyl (C=O) groups excluding carboxylic acids is 2. The van der Waals surface area contributed by atoms with E-state index in [0.717, 1.165) is 0 Å². The molecular weight excluding hydrogens is 449 g/mol. The number of nitrogens with one attached hydrogen (secondary N) is 1. The SMILES string of the molecule is Cc1cc(CC(=O)Nc2cnn(C(C)(C)C)c2)c(F)cc1Oc1ccnc2ccc(C(N)=O)cc12. The Morgan fingerprint density at radius 2 is 1.91 bits per heavy atom. The fourth-order valence-electron chi connectivity index (χ4n) is 3.58. The second-order valence-electron chi connectivity index (χ2n) is 9.29. The molecule has 2 heterocycles. The predicted molar refractivity (Wildman–Crippen MR) is 131 cm³/mol. The van der Waals surface area contributed by atoms with Crippen molar-refractivity contribution in [3.63, 3.8) is 0 Å². The molecule has 0 spiro atoms. The van der Waals surface area contributed by atoms with E-state index in [0.29, 0.717) is 33.5 Å². The van der Waals surface area contributed by atoms with Crippen LogP contribution in [-0.4, -0.2) is 26.6 Å². The molecule has 0 saturated carbocycles. The Bertz CT molecular complexity index is 1440. The number of hydrogen-bond donors (Lipinski definition) is 2. The number of nitrogens with zero attached hydrogens (tertiary/aromatic N) is 3. The zero-order valence-corrected chi connectivity index (χ0v) is 19.9. The number of fused-ring (bicyclic) bond motifs is 1. The number of anilines is 1. The van der Waals surface area contributed by atoms with Gasteiger partial charge in [-0.3, -0.25) is 19.3 Å². The molecule has 35 heavy (non-hydrogen) atoms. The van der Waals surface area contributed by atoms with Gasteiger partial charge in [0.2, 0.25) is 11.8 Å². The Kier molecular flexibility index (Phi) is 6.26. The van der Waals surface area contributed by atoms with E-state index >= 15 is 0 Å². The highest BCUT2D eigenvalue weighted by molar-refractivity contribution is 5.98. The van der Waals surface area contributed by atoms with E-state index < -0.39 is 11.7 Å². The van der Waals surface area contributed by atoms with Crippen LogP contribution in [-0.2, 0) is 16.8 Å². The normalized spacial score (nSPS) is 11.5. The molecule has 3 N–H and O–H groups in total. The first-order chi connectivity index (χ1) is 16.5. The number of ether oxygens (including phenoxy) is 1. The average Bonchev–Trinajstić information content (AvgIpc) is 3.26. The van der Waals surface area contributed by atoms with E-state index in [1.807, 2.05) is 20.8 Å². The fraction of sp³-hybridized carbons (Fsp3) is 0.231. The van der Waals surface area contributed by atoms with Crippen LogP contribution in [0.25, 0.3) is 10.9 Å². The van der Waals surface area contributed by atoms with E-state index in [4.69, 9.17) is 10.5 Å². The molecule has 9 heteroatoms. The summed E-state index contributed by atoms with van der Waals surface area (Å²) in [5.74, 6) is -0.804. The van der Waals surface area contributed by atoms with Gasteiger partial charge >= 0.3 is 0 Å². The maximum atomic E-state index is 14.9. The van der Waals surface area contributed by atoms with Gasteiger partial charge in [0.15, 0.2) is 0 Å². The van der Waals surface area contributed by atoms with Gasteiger partial charge in [-0.1, -0.05) is 0 Å². The predicted octanol–water partition coefficient (Wildman–Crippen LogP) is 4.71. The number of aromatic nitrogens is 3. The number of primary amides is 1. The number of pyridine rings is 1.